The summed E-state index contributed by atoms with van der Waals surface area (Å²) in [6, 6.07) is 8.98. The molecule has 3 aromatic rings. The Labute approximate surface area is 191 Å². The molecular formula is C25H25ClFN3O2. The van der Waals surface area contributed by atoms with Gasteiger partial charge in [0, 0.05) is 40.3 Å². The highest BCUT2D eigenvalue weighted by Gasteiger charge is 2.30. The number of carbonyl (C=O) groups excluding carboxylic acids is 1. The average molecular weight is 454 g/mol. The Hall–Kier alpha value is -2.99. The molecule has 32 heavy (non-hydrogen) atoms. The number of carbonyl (C=O) groups is 1. The molecule has 0 atom stereocenters. The number of amides is 1. The van der Waals surface area contributed by atoms with Crippen LogP contribution in [0.15, 0.2) is 42.2 Å². The van der Waals surface area contributed by atoms with Crippen molar-refractivity contribution in [3.63, 3.8) is 0 Å². The molecule has 1 fully saturated rings. The Morgan fingerprint density at radius 3 is 2.88 bits per heavy atom. The summed E-state index contributed by atoms with van der Waals surface area (Å²) in [5.41, 5.74) is 9.54. The van der Waals surface area contributed by atoms with Crippen LogP contribution in [0.5, 0.6) is 5.75 Å². The van der Waals surface area contributed by atoms with Gasteiger partial charge >= 0.3 is 0 Å². The number of aromatic amines is 1. The molecule has 2 heterocycles. The van der Waals surface area contributed by atoms with E-state index in [1.54, 1.807) is 0 Å². The van der Waals surface area contributed by atoms with Gasteiger partial charge in [-0.25, -0.2) is 4.39 Å². The van der Waals surface area contributed by atoms with Gasteiger partial charge in [-0.15, -0.1) is 0 Å². The van der Waals surface area contributed by atoms with Gasteiger partial charge in [0.2, 0.25) is 5.91 Å². The fourth-order valence-electron chi connectivity index (χ4n) is 4.65. The van der Waals surface area contributed by atoms with Crippen molar-refractivity contribution in [2.45, 2.75) is 38.1 Å². The summed E-state index contributed by atoms with van der Waals surface area (Å²) in [6.07, 6.45) is 9.24. The molecule has 5 rings (SSSR count). The van der Waals surface area contributed by atoms with Crippen LogP contribution in [0.3, 0.4) is 0 Å². The number of aryl methyl sites for hydroxylation is 1. The van der Waals surface area contributed by atoms with E-state index in [4.69, 9.17) is 22.1 Å². The minimum absolute atomic E-state index is 0.106. The van der Waals surface area contributed by atoms with Crippen LogP contribution in [0, 0.1) is 5.82 Å². The Balaban J connectivity index is 1.38. The standard InChI is InChI=1S/C25H25ClFN3O2/c26-16-6-9-23-20(11-16)15(13-29-23)3-2-10-30(17-4-1-5-17)18-12-21-19(25(28)31)7-8-22(27)24(21)32-14-18/h6-9,11-13,17,29H,1-5,10,14H2,(H2,28,31). The molecule has 1 aromatic heterocycles. The van der Waals surface area contributed by atoms with Crippen LogP contribution in [0.1, 0.15) is 47.2 Å². The van der Waals surface area contributed by atoms with Crippen LogP contribution in [0.25, 0.3) is 17.0 Å². The maximum absolute atomic E-state index is 14.3. The lowest BCUT2D eigenvalue weighted by molar-refractivity contribution is 0.0999. The molecule has 1 amide bonds. The smallest absolute Gasteiger partial charge is 0.249 e. The molecule has 0 spiro atoms. The maximum atomic E-state index is 14.3. The Morgan fingerprint density at radius 2 is 2.12 bits per heavy atom. The van der Waals surface area contributed by atoms with Gasteiger partial charge in [-0.1, -0.05) is 11.6 Å². The molecule has 3 N–H and O–H groups in total. The van der Waals surface area contributed by atoms with Crippen molar-refractivity contribution in [3.05, 3.63) is 69.8 Å². The molecule has 2 aliphatic rings. The first-order valence-corrected chi connectivity index (χ1v) is 11.4. The van der Waals surface area contributed by atoms with Crippen molar-refractivity contribution in [2.24, 2.45) is 5.73 Å². The van der Waals surface area contributed by atoms with Gasteiger partial charge in [0.15, 0.2) is 11.6 Å². The topological polar surface area (TPSA) is 71.4 Å². The average Bonchev–Trinajstić information content (AvgIpc) is 3.13. The van der Waals surface area contributed by atoms with E-state index in [1.807, 2.05) is 24.3 Å². The van der Waals surface area contributed by atoms with Crippen LogP contribution in [0.2, 0.25) is 5.02 Å². The van der Waals surface area contributed by atoms with E-state index in [0.717, 1.165) is 53.9 Å². The van der Waals surface area contributed by atoms with Crippen LogP contribution < -0.4 is 10.5 Å². The molecule has 0 saturated heterocycles. The normalized spacial score (nSPS) is 15.6. The number of hydrogen-bond donors (Lipinski definition) is 2. The quantitative estimate of drug-likeness (QED) is 0.511. The highest BCUT2D eigenvalue weighted by atomic mass is 35.5. The van der Waals surface area contributed by atoms with Crippen LogP contribution >= 0.6 is 11.6 Å². The monoisotopic (exact) mass is 453 g/mol. The summed E-state index contributed by atoms with van der Waals surface area (Å²) in [4.78, 5) is 17.6. The van der Waals surface area contributed by atoms with Crippen molar-refractivity contribution in [3.8, 4) is 5.75 Å². The molecule has 1 aliphatic carbocycles. The van der Waals surface area contributed by atoms with E-state index in [2.05, 4.69) is 16.1 Å². The number of nitrogens with zero attached hydrogens (tertiary/aromatic N) is 1. The first-order chi connectivity index (χ1) is 15.5. The molecule has 5 nitrogen and oxygen atoms in total. The molecule has 166 valence electrons. The second-order valence-electron chi connectivity index (χ2n) is 8.51. The largest absolute Gasteiger partial charge is 0.484 e. The zero-order chi connectivity index (χ0) is 22.2. The van der Waals surface area contributed by atoms with Gasteiger partial charge in [-0.2, -0.15) is 0 Å². The van der Waals surface area contributed by atoms with E-state index >= 15 is 0 Å². The van der Waals surface area contributed by atoms with E-state index in [1.165, 1.54) is 24.1 Å². The van der Waals surface area contributed by atoms with Gasteiger partial charge in [-0.3, -0.25) is 4.79 Å². The highest BCUT2D eigenvalue weighted by molar-refractivity contribution is 6.31. The fourth-order valence-corrected chi connectivity index (χ4v) is 4.83. The second-order valence-corrected chi connectivity index (χ2v) is 8.95. The summed E-state index contributed by atoms with van der Waals surface area (Å²) in [6.45, 7) is 1.13. The van der Waals surface area contributed by atoms with E-state index in [-0.39, 0.29) is 17.9 Å². The minimum Gasteiger partial charge on any atom is -0.484 e. The SMILES string of the molecule is NC(=O)c1ccc(F)c2c1C=C(N(CCCc1c[nH]c3ccc(Cl)cc13)C1CCC1)CO2. The zero-order valence-corrected chi connectivity index (χ0v) is 18.4. The molecule has 2 aromatic carbocycles. The summed E-state index contributed by atoms with van der Waals surface area (Å²) >= 11 is 6.19. The van der Waals surface area contributed by atoms with Gasteiger partial charge in [0.05, 0.1) is 11.3 Å². The minimum atomic E-state index is -0.587. The number of aromatic nitrogens is 1. The molecule has 1 aliphatic heterocycles. The first kappa shape index (κ1) is 20.9. The van der Waals surface area contributed by atoms with Crippen LogP contribution in [0.4, 0.5) is 4.39 Å². The maximum Gasteiger partial charge on any atom is 0.249 e. The lowest BCUT2D eigenvalue weighted by Gasteiger charge is -2.41. The van der Waals surface area contributed by atoms with Crippen molar-refractivity contribution >= 4 is 34.5 Å². The molecule has 7 heteroatoms. The molecule has 1 saturated carbocycles. The van der Waals surface area contributed by atoms with E-state index in [9.17, 15) is 9.18 Å². The van der Waals surface area contributed by atoms with Gasteiger partial charge in [0.25, 0.3) is 0 Å². The number of fused-ring (bicyclic) bond motifs is 2. The van der Waals surface area contributed by atoms with Gasteiger partial charge < -0.3 is 20.4 Å². The number of hydrogen-bond acceptors (Lipinski definition) is 3. The predicted octanol–water partition coefficient (Wildman–Crippen LogP) is 5.28. The Bertz CT molecular complexity index is 1220. The number of nitrogens with one attached hydrogen (secondary N) is 1. The van der Waals surface area contributed by atoms with Crippen molar-refractivity contribution in [2.75, 3.05) is 13.2 Å². The fraction of sp³-hybridized carbons (Fsp3) is 0.320. The van der Waals surface area contributed by atoms with Crippen LogP contribution in [-0.2, 0) is 6.42 Å². The van der Waals surface area contributed by atoms with Gasteiger partial charge in [-0.05, 0) is 74.1 Å². The summed E-state index contributed by atoms with van der Waals surface area (Å²) < 4.78 is 20.0. The predicted molar refractivity (Wildman–Crippen MR) is 124 cm³/mol. The number of benzene rings is 2. The number of primary amides is 1. The number of nitrogens with two attached hydrogens (primary N) is 1. The molecule has 0 unspecified atom stereocenters. The van der Waals surface area contributed by atoms with Crippen molar-refractivity contribution < 1.29 is 13.9 Å². The van der Waals surface area contributed by atoms with Crippen molar-refractivity contribution in [1.82, 2.24) is 9.88 Å². The summed E-state index contributed by atoms with van der Waals surface area (Å²) in [5.74, 6) is -0.960. The Kier molecular flexibility index (Phi) is 5.55. The third-order valence-electron chi connectivity index (χ3n) is 6.55. The van der Waals surface area contributed by atoms with E-state index in [0.29, 0.717) is 11.6 Å². The number of rotatable bonds is 7. The lowest BCUT2D eigenvalue weighted by Crippen LogP contribution is -2.42. The second kappa shape index (κ2) is 8.51. The van der Waals surface area contributed by atoms with Gasteiger partial charge in [0.1, 0.15) is 6.61 Å². The summed E-state index contributed by atoms with van der Waals surface area (Å²) in [7, 11) is 0. The molecule has 0 bridgehead atoms. The summed E-state index contributed by atoms with van der Waals surface area (Å²) in [5, 5.41) is 1.89. The number of ether oxygens (including phenoxy) is 1. The number of H-pyrrole nitrogens is 1. The molecule has 0 radical (unpaired) electrons. The highest BCUT2D eigenvalue weighted by Crippen LogP contribution is 2.36. The molecular weight excluding hydrogens is 429 g/mol. The van der Waals surface area contributed by atoms with Crippen molar-refractivity contribution in [1.29, 1.82) is 0 Å². The third-order valence-corrected chi connectivity index (χ3v) is 6.78. The first-order valence-electron chi connectivity index (χ1n) is 11.0. The Morgan fingerprint density at radius 1 is 1.28 bits per heavy atom. The van der Waals surface area contributed by atoms with Crippen LogP contribution in [-0.4, -0.2) is 35.0 Å². The van der Waals surface area contributed by atoms with E-state index < -0.39 is 11.7 Å². The number of halogens is 2. The zero-order valence-electron chi connectivity index (χ0n) is 17.7. The lowest BCUT2D eigenvalue weighted by atomic mass is 9.90. The third kappa shape index (κ3) is 3.84.